The van der Waals surface area contributed by atoms with Crippen LogP contribution >= 0.6 is 0 Å². The molecule has 0 aromatic heterocycles. The van der Waals surface area contributed by atoms with E-state index in [0.29, 0.717) is 31.3 Å². The summed E-state index contributed by atoms with van der Waals surface area (Å²) < 4.78 is 50.8. The van der Waals surface area contributed by atoms with Crippen LogP contribution in [0.4, 0.5) is 18.9 Å². The highest BCUT2D eigenvalue weighted by Gasteiger charge is 2.33. The van der Waals surface area contributed by atoms with Crippen LogP contribution in [0.2, 0.25) is 0 Å². The highest BCUT2D eigenvalue weighted by Crippen LogP contribution is 2.35. The van der Waals surface area contributed by atoms with Gasteiger partial charge in [-0.15, -0.1) is 0 Å². The fraction of sp³-hybridized carbons (Fsp3) is 0.440. The van der Waals surface area contributed by atoms with Gasteiger partial charge in [-0.3, -0.25) is 14.5 Å². The summed E-state index contributed by atoms with van der Waals surface area (Å²) in [6, 6.07) is 10.0. The van der Waals surface area contributed by atoms with Gasteiger partial charge in [-0.1, -0.05) is 39.0 Å². The summed E-state index contributed by atoms with van der Waals surface area (Å²) in [7, 11) is 0. The topological polar surface area (TPSA) is 79.9 Å². The highest BCUT2D eigenvalue weighted by molar-refractivity contribution is 5.93. The molecule has 0 saturated heterocycles. The molecule has 2 aromatic rings. The number of benzene rings is 2. The van der Waals surface area contributed by atoms with Gasteiger partial charge in [-0.2, -0.15) is 13.2 Å². The van der Waals surface area contributed by atoms with Crippen LogP contribution in [0.15, 0.2) is 42.5 Å². The number of nitrogens with one attached hydrogen (secondary N) is 2. The second-order valence-electron chi connectivity index (χ2n) is 8.59. The van der Waals surface area contributed by atoms with Crippen LogP contribution in [0.1, 0.15) is 37.9 Å². The fourth-order valence-corrected chi connectivity index (χ4v) is 3.82. The predicted octanol–water partition coefficient (Wildman–Crippen LogP) is 4.25. The summed E-state index contributed by atoms with van der Waals surface area (Å²) in [5.41, 5.74) is -0.375. The number of alkyl halides is 3. The van der Waals surface area contributed by atoms with Crippen molar-refractivity contribution in [1.29, 1.82) is 0 Å². The predicted molar refractivity (Wildman–Crippen MR) is 125 cm³/mol. The van der Waals surface area contributed by atoms with E-state index in [2.05, 4.69) is 10.6 Å². The van der Waals surface area contributed by atoms with Gasteiger partial charge in [0.05, 0.1) is 30.4 Å². The van der Waals surface area contributed by atoms with Crippen molar-refractivity contribution in [2.24, 2.45) is 5.92 Å². The number of rotatable bonds is 9. The van der Waals surface area contributed by atoms with Crippen molar-refractivity contribution in [2.45, 2.75) is 33.0 Å². The van der Waals surface area contributed by atoms with Gasteiger partial charge in [0.2, 0.25) is 11.8 Å². The second-order valence-corrected chi connectivity index (χ2v) is 8.59. The lowest BCUT2D eigenvalue weighted by Crippen LogP contribution is -2.43. The zero-order valence-corrected chi connectivity index (χ0v) is 19.9. The Hall–Kier alpha value is -3.27. The molecule has 2 N–H and O–H groups in total. The molecule has 1 aliphatic rings. The average molecular weight is 494 g/mol. The Balaban J connectivity index is 1.62. The third-order valence-corrected chi connectivity index (χ3v) is 5.60. The van der Waals surface area contributed by atoms with E-state index in [1.54, 1.807) is 11.8 Å². The van der Waals surface area contributed by atoms with Crippen molar-refractivity contribution >= 4 is 17.5 Å². The van der Waals surface area contributed by atoms with Crippen LogP contribution in [0.5, 0.6) is 11.5 Å². The maximum absolute atomic E-state index is 13.2. The Kier molecular flexibility index (Phi) is 8.61. The maximum atomic E-state index is 13.2. The molecule has 10 heteroatoms. The SMILES string of the molecule is CCN(CC(=O)Nc1ccccc1C(F)(F)F)CC(=O)NC(c1ccc2c(c1)OCCO2)C(C)C. The Morgan fingerprint density at radius 3 is 2.31 bits per heavy atom. The minimum atomic E-state index is -4.59. The minimum Gasteiger partial charge on any atom is -0.486 e. The van der Waals surface area contributed by atoms with E-state index < -0.39 is 17.6 Å². The van der Waals surface area contributed by atoms with E-state index in [9.17, 15) is 22.8 Å². The molecule has 7 nitrogen and oxygen atoms in total. The monoisotopic (exact) mass is 493 g/mol. The first-order valence-electron chi connectivity index (χ1n) is 11.5. The fourth-order valence-electron chi connectivity index (χ4n) is 3.82. The van der Waals surface area contributed by atoms with Gasteiger partial charge in [-0.25, -0.2) is 0 Å². The van der Waals surface area contributed by atoms with Gasteiger partial charge in [-0.05, 0) is 42.3 Å². The number of nitrogens with zero attached hydrogens (tertiary/aromatic N) is 1. The van der Waals surface area contributed by atoms with E-state index in [-0.39, 0.29) is 36.6 Å². The number of carbonyl (C=O) groups excluding carboxylic acids is 2. The van der Waals surface area contributed by atoms with Crippen molar-refractivity contribution in [3.05, 3.63) is 53.6 Å². The maximum Gasteiger partial charge on any atom is 0.418 e. The number of hydrogen-bond acceptors (Lipinski definition) is 5. The van der Waals surface area contributed by atoms with Crippen molar-refractivity contribution in [3.63, 3.8) is 0 Å². The standard InChI is InChI=1S/C25H30F3N3O4/c1-4-31(14-22(32)29-19-8-6-5-7-18(19)25(26,27)28)15-23(33)30-24(16(2)3)17-9-10-20-21(13-17)35-12-11-34-20/h5-10,13,16,24H,4,11-12,14-15H2,1-3H3,(H,29,32)(H,30,33). The molecule has 1 heterocycles. The van der Waals surface area contributed by atoms with Crippen molar-refractivity contribution < 1.29 is 32.2 Å². The first kappa shape index (κ1) is 26.3. The molecule has 190 valence electrons. The van der Waals surface area contributed by atoms with Gasteiger partial charge in [0.15, 0.2) is 11.5 Å². The summed E-state index contributed by atoms with van der Waals surface area (Å²) in [6.07, 6.45) is -4.59. The number of amides is 2. The third kappa shape index (κ3) is 7.11. The Morgan fingerprint density at radius 2 is 1.66 bits per heavy atom. The van der Waals surface area contributed by atoms with Crippen LogP contribution < -0.4 is 20.1 Å². The smallest absolute Gasteiger partial charge is 0.418 e. The van der Waals surface area contributed by atoms with Crippen LogP contribution in [-0.4, -0.2) is 49.6 Å². The normalized spacial score (nSPS) is 14.1. The lowest BCUT2D eigenvalue weighted by atomic mass is 9.95. The van der Waals surface area contributed by atoms with E-state index in [4.69, 9.17) is 9.47 Å². The van der Waals surface area contributed by atoms with Crippen molar-refractivity contribution in [2.75, 3.05) is 38.2 Å². The highest BCUT2D eigenvalue weighted by atomic mass is 19.4. The zero-order valence-electron chi connectivity index (χ0n) is 19.9. The van der Waals surface area contributed by atoms with E-state index in [1.807, 2.05) is 32.0 Å². The second kappa shape index (κ2) is 11.4. The Morgan fingerprint density at radius 1 is 1.00 bits per heavy atom. The molecule has 0 fully saturated rings. The number of hydrogen-bond donors (Lipinski definition) is 2. The summed E-state index contributed by atoms with van der Waals surface area (Å²) in [6.45, 7) is 6.71. The zero-order chi connectivity index (χ0) is 25.6. The summed E-state index contributed by atoms with van der Waals surface area (Å²) in [4.78, 5) is 26.8. The van der Waals surface area contributed by atoms with Crippen LogP contribution in [0, 0.1) is 5.92 Å². The molecular formula is C25H30F3N3O4. The number of para-hydroxylation sites is 1. The molecule has 0 spiro atoms. The number of anilines is 1. The van der Waals surface area contributed by atoms with Gasteiger partial charge >= 0.3 is 6.18 Å². The minimum absolute atomic E-state index is 0.0683. The molecule has 2 aromatic carbocycles. The van der Waals surface area contributed by atoms with Gasteiger partial charge in [0.25, 0.3) is 0 Å². The largest absolute Gasteiger partial charge is 0.486 e. The molecule has 0 bridgehead atoms. The van der Waals surface area contributed by atoms with Gasteiger partial charge in [0.1, 0.15) is 13.2 Å². The summed E-state index contributed by atoms with van der Waals surface area (Å²) in [5.74, 6) is 0.412. The molecule has 35 heavy (non-hydrogen) atoms. The molecule has 1 atom stereocenters. The van der Waals surface area contributed by atoms with E-state index in [1.165, 1.54) is 18.2 Å². The number of fused-ring (bicyclic) bond motifs is 1. The number of ether oxygens (including phenoxy) is 2. The first-order chi connectivity index (χ1) is 16.6. The Bertz CT molecular complexity index is 1040. The molecule has 1 unspecified atom stereocenters. The van der Waals surface area contributed by atoms with E-state index >= 15 is 0 Å². The first-order valence-corrected chi connectivity index (χ1v) is 11.5. The Labute approximate surface area is 202 Å². The van der Waals surface area contributed by atoms with E-state index in [0.717, 1.165) is 11.6 Å². The lowest BCUT2D eigenvalue weighted by Gasteiger charge is -2.27. The van der Waals surface area contributed by atoms with Crippen molar-refractivity contribution in [1.82, 2.24) is 10.2 Å². The van der Waals surface area contributed by atoms with Gasteiger partial charge in [0, 0.05) is 0 Å². The number of halogens is 3. The molecule has 3 rings (SSSR count). The number of likely N-dealkylation sites (N-methyl/N-ethyl adjacent to an activating group) is 1. The number of carbonyl (C=O) groups is 2. The molecule has 1 aliphatic heterocycles. The van der Waals surface area contributed by atoms with Crippen LogP contribution in [0.25, 0.3) is 0 Å². The molecular weight excluding hydrogens is 463 g/mol. The summed E-state index contributed by atoms with van der Waals surface area (Å²) >= 11 is 0. The lowest BCUT2D eigenvalue weighted by molar-refractivity contribution is -0.137. The molecule has 0 saturated carbocycles. The van der Waals surface area contributed by atoms with Gasteiger partial charge < -0.3 is 20.1 Å². The van der Waals surface area contributed by atoms with Crippen LogP contribution in [-0.2, 0) is 15.8 Å². The molecule has 0 radical (unpaired) electrons. The van der Waals surface area contributed by atoms with Crippen LogP contribution in [0.3, 0.4) is 0 Å². The third-order valence-electron chi connectivity index (χ3n) is 5.60. The van der Waals surface area contributed by atoms with Crippen molar-refractivity contribution in [3.8, 4) is 11.5 Å². The average Bonchev–Trinajstić information content (AvgIpc) is 2.81. The molecule has 0 aliphatic carbocycles. The molecule has 2 amide bonds. The quantitative estimate of drug-likeness (QED) is 0.546. The summed E-state index contributed by atoms with van der Waals surface area (Å²) in [5, 5.41) is 5.31.